The molecular formula is C17H13F3N6O4S. The number of nitrogens with zero attached hydrogens (tertiary/aromatic N) is 5. The van der Waals surface area contributed by atoms with Gasteiger partial charge in [0.15, 0.2) is 0 Å². The van der Waals surface area contributed by atoms with E-state index in [0.29, 0.717) is 11.4 Å². The van der Waals surface area contributed by atoms with Crippen molar-refractivity contribution in [1.82, 2.24) is 20.2 Å². The van der Waals surface area contributed by atoms with E-state index in [1.165, 1.54) is 41.1 Å². The van der Waals surface area contributed by atoms with E-state index < -0.39 is 28.2 Å². The zero-order valence-electron chi connectivity index (χ0n) is 15.6. The van der Waals surface area contributed by atoms with Gasteiger partial charge in [-0.15, -0.1) is 18.3 Å². The van der Waals surface area contributed by atoms with Gasteiger partial charge in [0.05, 0.1) is 15.9 Å². The lowest BCUT2D eigenvalue weighted by Gasteiger charge is -2.12. The van der Waals surface area contributed by atoms with Gasteiger partial charge in [-0.2, -0.15) is 4.68 Å². The molecule has 0 saturated carbocycles. The number of alkyl halides is 3. The topological polar surface area (TPSA) is 125 Å². The Bertz CT molecular complexity index is 1070. The highest BCUT2D eigenvalue weighted by atomic mass is 32.2. The number of nitro benzene ring substituents is 1. The first-order chi connectivity index (χ1) is 14.6. The monoisotopic (exact) mass is 454 g/mol. The number of tetrazole rings is 1. The Balaban J connectivity index is 1.66. The molecule has 10 nitrogen and oxygen atoms in total. The van der Waals surface area contributed by atoms with E-state index in [2.05, 4.69) is 25.6 Å². The molecule has 1 aromatic heterocycles. The minimum Gasteiger partial charge on any atom is -0.406 e. The molecule has 3 aromatic rings. The molecule has 3 rings (SSSR count). The van der Waals surface area contributed by atoms with Gasteiger partial charge in [-0.05, 0) is 53.7 Å². The first-order valence-electron chi connectivity index (χ1n) is 8.49. The predicted molar refractivity (Wildman–Crippen MR) is 103 cm³/mol. The molecule has 0 spiro atoms. The Hall–Kier alpha value is -3.68. The zero-order valence-corrected chi connectivity index (χ0v) is 16.4. The van der Waals surface area contributed by atoms with Crippen molar-refractivity contribution in [3.8, 4) is 11.4 Å². The Morgan fingerprint density at radius 1 is 1.19 bits per heavy atom. The van der Waals surface area contributed by atoms with Crippen molar-refractivity contribution < 1.29 is 27.6 Å². The smallest absolute Gasteiger partial charge is 0.406 e. The third-order valence-corrected chi connectivity index (χ3v) is 4.79. The molecule has 0 fully saturated rings. The second-order valence-electron chi connectivity index (χ2n) is 5.97. The molecule has 0 aliphatic heterocycles. The number of carbonyl (C=O) groups is 1. The fourth-order valence-corrected chi connectivity index (χ4v) is 3.13. The minimum absolute atomic E-state index is 0.105. The molecule has 0 bridgehead atoms. The number of thioether (sulfide) groups is 1. The fraction of sp³-hybridized carbons (Fsp3) is 0.176. The molecule has 0 saturated heterocycles. The average Bonchev–Trinajstić information content (AvgIpc) is 3.15. The highest BCUT2D eigenvalue weighted by Gasteiger charge is 2.31. The molecule has 1 N–H and O–H groups in total. The van der Waals surface area contributed by atoms with E-state index >= 15 is 0 Å². The minimum atomic E-state index is -4.80. The quantitative estimate of drug-likeness (QED) is 0.326. The summed E-state index contributed by atoms with van der Waals surface area (Å²) >= 11 is 1.02. The average molecular weight is 454 g/mol. The van der Waals surface area contributed by atoms with Crippen LogP contribution in [0.4, 0.5) is 24.5 Å². The maximum atomic E-state index is 12.4. The molecule has 14 heteroatoms. The molecule has 2 aromatic carbocycles. The third-order valence-electron chi connectivity index (χ3n) is 3.75. The van der Waals surface area contributed by atoms with Gasteiger partial charge in [-0.25, -0.2) is 0 Å². The summed E-state index contributed by atoms with van der Waals surface area (Å²) in [6, 6.07) is 10.2. The molecule has 1 heterocycles. The van der Waals surface area contributed by atoms with Gasteiger partial charge >= 0.3 is 6.36 Å². The third kappa shape index (κ3) is 5.91. The first-order valence-corrected chi connectivity index (χ1v) is 9.37. The summed E-state index contributed by atoms with van der Waals surface area (Å²) in [7, 11) is 0. The number of rotatable bonds is 7. The second-order valence-corrected chi connectivity index (χ2v) is 7.28. The van der Waals surface area contributed by atoms with Crippen LogP contribution in [0.5, 0.6) is 5.75 Å². The summed E-state index contributed by atoms with van der Waals surface area (Å²) < 4.78 is 41.9. The van der Waals surface area contributed by atoms with Crippen LogP contribution in [-0.4, -0.2) is 42.7 Å². The van der Waals surface area contributed by atoms with Crippen LogP contribution < -0.4 is 10.1 Å². The summed E-state index contributed by atoms with van der Waals surface area (Å²) in [5.74, 6) is -0.795. The molecular weight excluding hydrogens is 441 g/mol. The number of hydrogen-bond acceptors (Lipinski definition) is 8. The fourth-order valence-electron chi connectivity index (χ4n) is 2.33. The number of nitrogens with one attached hydrogen (secondary N) is 1. The van der Waals surface area contributed by atoms with Crippen molar-refractivity contribution in [3.63, 3.8) is 0 Å². The van der Waals surface area contributed by atoms with Crippen LogP contribution in [0.3, 0.4) is 0 Å². The van der Waals surface area contributed by atoms with E-state index in [1.54, 1.807) is 6.92 Å². The van der Waals surface area contributed by atoms with Crippen LogP contribution in [0.2, 0.25) is 0 Å². The highest BCUT2D eigenvalue weighted by molar-refractivity contribution is 8.00. The van der Waals surface area contributed by atoms with Gasteiger partial charge in [-0.3, -0.25) is 14.9 Å². The van der Waals surface area contributed by atoms with Crippen molar-refractivity contribution in [2.75, 3.05) is 5.32 Å². The van der Waals surface area contributed by atoms with E-state index in [4.69, 9.17) is 0 Å². The standard InChI is InChI=1S/C17H13F3N6O4S/c1-10(15(27)21-11-2-4-13(5-3-11)26(28)29)31-16-22-23-24-25(16)12-6-8-14(9-7-12)30-17(18,19)20/h2-10H,1H3,(H,21,27). The van der Waals surface area contributed by atoms with Crippen LogP contribution in [0.15, 0.2) is 53.7 Å². The Kier molecular flexibility index (Phi) is 6.39. The summed E-state index contributed by atoms with van der Waals surface area (Å²) in [4.78, 5) is 22.6. The van der Waals surface area contributed by atoms with E-state index in [9.17, 15) is 28.1 Å². The van der Waals surface area contributed by atoms with Crippen molar-refractivity contribution >= 4 is 29.0 Å². The molecule has 0 aliphatic carbocycles. The molecule has 0 radical (unpaired) electrons. The summed E-state index contributed by atoms with van der Waals surface area (Å²) in [5.41, 5.74) is 0.638. The Labute approximate surface area is 176 Å². The van der Waals surface area contributed by atoms with Crippen LogP contribution in [-0.2, 0) is 4.79 Å². The van der Waals surface area contributed by atoms with E-state index in [-0.39, 0.29) is 10.8 Å². The van der Waals surface area contributed by atoms with Crippen LogP contribution in [0.1, 0.15) is 6.92 Å². The number of anilines is 1. The largest absolute Gasteiger partial charge is 0.573 e. The van der Waals surface area contributed by atoms with Crippen LogP contribution in [0, 0.1) is 10.1 Å². The number of non-ortho nitro benzene ring substituents is 1. The molecule has 1 atom stereocenters. The molecule has 1 unspecified atom stereocenters. The zero-order chi connectivity index (χ0) is 22.6. The lowest BCUT2D eigenvalue weighted by Crippen LogP contribution is -2.22. The molecule has 31 heavy (non-hydrogen) atoms. The van der Waals surface area contributed by atoms with Gasteiger partial charge in [0, 0.05) is 17.8 Å². The molecule has 162 valence electrons. The number of ether oxygens (including phenoxy) is 1. The lowest BCUT2D eigenvalue weighted by atomic mass is 10.3. The maximum absolute atomic E-state index is 12.4. The number of halogens is 3. The SMILES string of the molecule is CC(Sc1nnnn1-c1ccc(OC(F)(F)F)cc1)C(=O)Nc1ccc([N+](=O)[O-])cc1. The van der Waals surface area contributed by atoms with Crippen molar-refractivity contribution in [2.45, 2.75) is 23.7 Å². The normalized spacial score (nSPS) is 12.3. The Morgan fingerprint density at radius 3 is 2.42 bits per heavy atom. The maximum Gasteiger partial charge on any atom is 0.573 e. The van der Waals surface area contributed by atoms with Crippen LogP contribution >= 0.6 is 11.8 Å². The number of aromatic nitrogens is 4. The molecule has 0 aliphatic rings. The number of amides is 1. The van der Waals surface area contributed by atoms with Crippen molar-refractivity contribution in [3.05, 3.63) is 58.6 Å². The van der Waals surface area contributed by atoms with Crippen LogP contribution in [0.25, 0.3) is 5.69 Å². The van der Waals surface area contributed by atoms with Crippen molar-refractivity contribution in [1.29, 1.82) is 0 Å². The molecule has 1 amide bonds. The first kappa shape index (κ1) is 22.0. The number of carbonyl (C=O) groups excluding carboxylic acids is 1. The van der Waals surface area contributed by atoms with Gasteiger partial charge in [0.2, 0.25) is 11.1 Å². The predicted octanol–water partition coefficient (Wildman–Crippen LogP) is 3.59. The van der Waals surface area contributed by atoms with E-state index in [0.717, 1.165) is 23.9 Å². The van der Waals surface area contributed by atoms with Gasteiger partial charge in [0.1, 0.15) is 5.75 Å². The second kappa shape index (κ2) is 8.99. The van der Waals surface area contributed by atoms with E-state index in [1.807, 2.05) is 0 Å². The van der Waals surface area contributed by atoms with Gasteiger partial charge in [-0.1, -0.05) is 11.8 Å². The summed E-state index contributed by atoms with van der Waals surface area (Å²) in [5, 5.41) is 24.0. The number of hydrogen-bond donors (Lipinski definition) is 1. The number of benzene rings is 2. The number of nitro groups is 1. The lowest BCUT2D eigenvalue weighted by molar-refractivity contribution is -0.384. The van der Waals surface area contributed by atoms with Crippen molar-refractivity contribution in [2.24, 2.45) is 0 Å². The van der Waals surface area contributed by atoms with Gasteiger partial charge < -0.3 is 10.1 Å². The summed E-state index contributed by atoms with van der Waals surface area (Å²) in [6.45, 7) is 1.60. The highest BCUT2D eigenvalue weighted by Crippen LogP contribution is 2.27. The Morgan fingerprint density at radius 2 is 1.84 bits per heavy atom. The van der Waals surface area contributed by atoms with Gasteiger partial charge in [0.25, 0.3) is 5.69 Å². The summed E-state index contributed by atoms with van der Waals surface area (Å²) in [6.07, 6.45) is -4.80.